The highest BCUT2D eigenvalue weighted by molar-refractivity contribution is 5.73. The smallest absolute Gasteiger partial charge is 0.227 e. The van der Waals surface area contributed by atoms with Gasteiger partial charge in [-0.1, -0.05) is 30.3 Å². The standard InChI is InChI=1S/C21H28N6O/c1-18(28)25-13-15-27(16-14-25)21-22-8-7-20(23-21)26-11-9-24(10-12-26)17-19-5-3-2-4-6-19/h2-8H,9-17H2,1H3. The van der Waals surface area contributed by atoms with Crippen LogP contribution in [0.5, 0.6) is 0 Å². The second-order valence-electron chi connectivity index (χ2n) is 7.46. The third kappa shape index (κ3) is 4.42. The molecular formula is C21H28N6O. The van der Waals surface area contributed by atoms with Gasteiger partial charge in [0.05, 0.1) is 0 Å². The third-order valence-corrected chi connectivity index (χ3v) is 5.58. The van der Waals surface area contributed by atoms with Crippen molar-refractivity contribution < 1.29 is 4.79 Å². The number of rotatable bonds is 4. The summed E-state index contributed by atoms with van der Waals surface area (Å²) in [5.41, 5.74) is 1.37. The van der Waals surface area contributed by atoms with Crippen LogP contribution in [0.2, 0.25) is 0 Å². The Hall–Kier alpha value is -2.67. The maximum atomic E-state index is 11.5. The van der Waals surface area contributed by atoms with E-state index in [1.54, 1.807) is 6.92 Å². The van der Waals surface area contributed by atoms with Crippen molar-refractivity contribution in [2.45, 2.75) is 13.5 Å². The zero-order valence-corrected chi connectivity index (χ0v) is 16.5. The molecule has 3 heterocycles. The van der Waals surface area contributed by atoms with Crippen LogP contribution in [0.1, 0.15) is 12.5 Å². The summed E-state index contributed by atoms with van der Waals surface area (Å²) in [4.78, 5) is 29.7. The Morgan fingerprint density at radius 2 is 1.57 bits per heavy atom. The molecule has 0 radical (unpaired) electrons. The molecule has 0 spiro atoms. The number of piperazine rings is 2. The van der Waals surface area contributed by atoms with Gasteiger partial charge in [-0.05, 0) is 11.6 Å². The number of aromatic nitrogens is 2. The first kappa shape index (κ1) is 18.7. The summed E-state index contributed by atoms with van der Waals surface area (Å²) in [5, 5.41) is 0. The molecule has 0 bridgehead atoms. The van der Waals surface area contributed by atoms with Crippen LogP contribution in [0.15, 0.2) is 42.6 Å². The van der Waals surface area contributed by atoms with Crippen molar-refractivity contribution in [3.63, 3.8) is 0 Å². The lowest BCUT2D eigenvalue weighted by molar-refractivity contribution is -0.129. The van der Waals surface area contributed by atoms with Gasteiger partial charge in [-0.2, -0.15) is 4.98 Å². The Labute approximate surface area is 166 Å². The summed E-state index contributed by atoms with van der Waals surface area (Å²) in [6.45, 7) is 9.69. The average molecular weight is 380 g/mol. The minimum atomic E-state index is 0.141. The van der Waals surface area contributed by atoms with Crippen LogP contribution in [-0.4, -0.2) is 78.0 Å². The van der Waals surface area contributed by atoms with E-state index in [2.05, 4.69) is 50.0 Å². The normalized spacial score (nSPS) is 18.4. The maximum Gasteiger partial charge on any atom is 0.227 e. The second kappa shape index (κ2) is 8.56. The van der Waals surface area contributed by atoms with Crippen molar-refractivity contribution in [3.8, 4) is 0 Å². The molecule has 0 saturated carbocycles. The molecule has 28 heavy (non-hydrogen) atoms. The van der Waals surface area contributed by atoms with Gasteiger partial charge in [0, 0.05) is 72.0 Å². The zero-order valence-electron chi connectivity index (χ0n) is 16.5. The van der Waals surface area contributed by atoms with E-state index in [0.29, 0.717) is 0 Å². The Bertz CT molecular complexity index is 782. The third-order valence-electron chi connectivity index (χ3n) is 5.58. The molecule has 0 aliphatic carbocycles. The van der Waals surface area contributed by atoms with E-state index in [1.165, 1.54) is 5.56 Å². The summed E-state index contributed by atoms with van der Waals surface area (Å²) in [7, 11) is 0. The molecule has 0 atom stereocenters. The van der Waals surface area contributed by atoms with Crippen LogP contribution in [0.3, 0.4) is 0 Å². The molecule has 0 unspecified atom stereocenters. The Morgan fingerprint density at radius 3 is 2.25 bits per heavy atom. The van der Waals surface area contributed by atoms with Gasteiger partial charge in [-0.25, -0.2) is 4.98 Å². The molecule has 2 fully saturated rings. The fourth-order valence-corrected chi connectivity index (χ4v) is 3.87. The van der Waals surface area contributed by atoms with E-state index in [-0.39, 0.29) is 5.91 Å². The van der Waals surface area contributed by atoms with Gasteiger partial charge in [0.1, 0.15) is 5.82 Å². The first-order chi connectivity index (χ1) is 13.7. The number of nitrogens with zero attached hydrogens (tertiary/aromatic N) is 6. The highest BCUT2D eigenvalue weighted by Gasteiger charge is 2.22. The molecule has 2 aliphatic heterocycles. The number of hydrogen-bond acceptors (Lipinski definition) is 6. The topological polar surface area (TPSA) is 55.8 Å². The molecule has 2 saturated heterocycles. The summed E-state index contributed by atoms with van der Waals surface area (Å²) in [6.07, 6.45) is 1.85. The first-order valence-corrected chi connectivity index (χ1v) is 10.0. The molecule has 7 nitrogen and oxygen atoms in total. The van der Waals surface area contributed by atoms with Gasteiger partial charge in [0.25, 0.3) is 0 Å². The predicted molar refractivity (Wildman–Crippen MR) is 110 cm³/mol. The molecule has 0 N–H and O–H groups in total. The summed E-state index contributed by atoms with van der Waals surface area (Å²) >= 11 is 0. The van der Waals surface area contributed by atoms with Gasteiger partial charge in [0.2, 0.25) is 11.9 Å². The van der Waals surface area contributed by atoms with Gasteiger partial charge < -0.3 is 14.7 Å². The van der Waals surface area contributed by atoms with Crippen LogP contribution in [0.25, 0.3) is 0 Å². The van der Waals surface area contributed by atoms with Crippen LogP contribution in [0, 0.1) is 0 Å². The molecular weight excluding hydrogens is 352 g/mol. The van der Waals surface area contributed by atoms with Crippen LogP contribution < -0.4 is 9.80 Å². The fraction of sp³-hybridized carbons (Fsp3) is 0.476. The molecule has 1 aromatic heterocycles. The highest BCUT2D eigenvalue weighted by Crippen LogP contribution is 2.19. The molecule has 1 aromatic carbocycles. The summed E-state index contributed by atoms with van der Waals surface area (Å²) in [6, 6.07) is 12.6. The van der Waals surface area contributed by atoms with Crippen LogP contribution in [-0.2, 0) is 11.3 Å². The average Bonchev–Trinajstić information content (AvgIpc) is 2.75. The van der Waals surface area contributed by atoms with E-state index < -0.39 is 0 Å². The lowest BCUT2D eigenvalue weighted by Crippen LogP contribution is -2.49. The maximum absolute atomic E-state index is 11.5. The molecule has 148 valence electrons. The fourth-order valence-electron chi connectivity index (χ4n) is 3.87. The zero-order chi connectivity index (χ0) is 19.3. The Morgan fingerprint density at radius 1 is 0.893 bits per heavy atom. The molecule has 2 aromatic rings. The van der Waals surface area contributed by atoms with Crippen molar-refractivity contribution in [1.29, 1.82) is 0 Å². The minimum Gasteiger partial charge on any atom is -0.354 e. The van der Waals surface area contributed by atoms with Crippen molar-refractivity contribution in [1.82, 2.24) is 19.8 Å². The summed E-state index contributed by atoms with van der Waals surface area (Å²) < 4.78 is 0. The van der Waals surface area contributed by atoms with Gasteiger partial charge in [-0.15, -0.1) is 0 Å². The lowest BCUT2D eigenvalue weighted by Gasteiger charge is -2.36. The van der Waals surface area contributed by atoms with Crippen molar-refractivity contribution in [3.05, 3.63) is 48.2 Å². The lowest BCUT2D eigenvalue weighted by atomic mass is 10.2. The number of amides is 1. The minimum absolute atomic E-state index is 0.141. The number of anilines is 2. The molecule has 1 amide bonds. The molecule has 4 rings (SSSR count). The van der Waals surface area contributed by atoms with Gasteiger partial charge >= 0.3 is 0 Å². The predicted octanol–water partition coefficient (Wildman–Crippen LogP) is 1.47. The van der Waals surface area contributed by atoms with E-state index in [0.717, 1.165) is 70.7 Å². The van der Waals surface area contributed by atoms with Crippen molar-refractivity contribution in [2.75, 3.05) is 62.2 Å². The Balaban J connectivity index is 1.33. The van der Waals surface area contributed by atoms with E-state index in [1.807, 2.05) is 17.2 Å². The Kier molecular flexibility index (Phi) is 5.71. The first-order valence-electron chi connectivity index (χ1n) is 10.0. The second-order valence-corrected chi connectivity index (χ2v) is 7.46. The van der Waals surface area contributed by atoms with Gasteiger partial charge in [0.15, 0.2) is 0 Å². The quantitative estimate of drug-likeness (QED) is 0.801. The number of hydrogen-bond donors (Lipinski definition) is 0. The van der Waals surface area contributed by atoms with E-state index in [4.69, 9.17) is 4.98 Å². The van der Waals surface area contributed by atoms with E-state index >= 15 is 0 Å². The highest BCUT2D eigenvalue weighted by atomic mass is 16.2. The van der Waals surface area contributed by atoms with Crippen LogP contribution >= 0.6 is 0 Å². The monoisotopic (exact) mass is 380 g/mol. The summed E-state index contributed by atoms with van der Waals surface area (Å²) in [5.74, 6) is 1.91. The number of carbonyl (C=O) groups is 1. The van der Waals surface area contributed by atoms with Crippen molar-refractivity contribution in [2.24, 2.45) is 0 Å². The molecule has 2 aliphatic rings. The SMILES string of the molecule is CC(=O)N1CCN(c2nccc(N3CCN(Cc4ccccc4)CC3)n2)CC1. The van der Waals surface area contributed by atoms with Crippen LogP contribution in [0.4, 0.5) is 11.8 Å². The molecule has 7 heteroatoms. The number of carbonyl (C=O) groups excluding carboxylic acids is 1. The number of benzene rings is 1. The van der Waals surface area contributed by atoms with Crippen molar-refractivity contribution >= 4 is 17.7 Å². The largest absolute Gasteiger partial charge is 0.354 e. The van der Waals surface area contributed by atoms with Gasteiger partial charge in [-0.3, -0.25) is 9.69 Å². The van der Waals surface area contributed by atoms with E-state index in [9.17, 15) is 4.79 Å².